The zero-order valence-corrected chi connectivity index (χ0v) is 17.5. The van der Waals surface area contributed by atoms with Gasteiger partial charge in [0.05, 0.1) is 7.11 Å². The van der Waals surface area contributed by atoms with E-state index < -0.39 is 17.9 Å². The van der Waals surface area contributed by atoms with Crippen molar-refractivity contribution in [2.24, 2.45) is 0 Å². The van der Waals surface area contributed by atoms with E-state index >= 15 is 0 Å². The predicted octanol–water partition coefficient (Wildman–Crippen LogP) is 3.06. The molecule has 160 valence electrons. The van der Waals surface area contributed by atoms with Gasteiger partial charge >= 0.3 is 5.97 Å². The minimum Gasteiger partial charge on any atom is -0.508 e. The first kappa shape index (κ1) is 21.8. The van der Waals surface area contributed by atoms with Crippen molar-refractivity contribution in [2.45, 2.75) is 26.3 Å². The number of carbonyl (C=O) groups excluding carboxylic acids is 2. The van der Waals surface area contributed by atoms with Gasteiger partial charge in [0, 0.05) is 29.1 Å². The number of aromatic nitrogens is 2. The molecule has 2 aromatic carbocycles. The van der Waals surface area contributed by atoms with E-state index in [4.69, 9.17) is 4.74 Å². The van der Waals surface area contributed by atoms with Crippen LogP contribution in [0.1, 0.15) is 27.3 Å². The molecule has 0 aliphatic carbocycles. The number of hydrogen-bond acceptors (Lipinski definition) is 7. The number of benzene rings is 2. The third kappa shape index (κ3) is 6.02. The number of aryl methyl sites for hydroxylation is 2. The van der Waals surface area contributed by atoms with E-state index in [9.17, 15) is 14.7 Å². The quantitative estimate of drug-likeness (QED) is 0.504. The molecule has 0 fully saturated rings. The van der Waals surface area contributed by atoms with Crippen LogP contribution in [0.2, 0.25) is 0 Å². The fraction of sp³-hybridized carbons (Fsp3) is 0.217. The van der Waals surface area contributed by atoms with Crippen molar-refractivity contribution in [3.63, 3.8) is 0 Å². The highest BCUT2D eigenvalue weighted by molar-refractivity contribution is 5.97. The monoisotopic (exact) mass is 420 g/mol. The first-order valence-corrected chi connectivity index (χ1v) is 9.70. The van der Waals surface area contributed by atoms with Gasteiger partial charge in [-0.05, 0) is 55.8 Å². The van der Waals surface area contributed by atoms with Crippen molar-refractivity contribution in [2.75, 3.05) is 12.4 Å². The third-order valence-corrected chi connectivity index (χ3v) is 4.53. The standard InChI is InChI=1S/C23H24N4O4/c1-14-11-15(2)25-23(24-14)26-18-6-4-5-17(13-18)21(29)27-20(22(30)31-3)12-16-7-9-19(28)10-8-16/h4-11,13,20,28H,12H2,1-3H3,(H,27,29)(H,24,25,26). The number of hydrogen-bond donors (Lipinski definition) is 3. The molecule has 3 rings (SSSR count). The summed E-state index contributed by atoms with van der Waals surface area (Å²) in [5.41, 5.74) is 3.45. The summed E-state index contributed by atoms with van der Waals surface area (Å²) >= 11 is 0. The maximum Gasteiger partial charge on any atom is 0.328 e. The number of anilines is 2. The Labute approximate surface area is 180 Å². The predicted molar refractivity (Wildman–Crippen MR) is 116 cm³/mol. The fourth-order valence-electron chi connectivity index (χ4n) is 3.09. The number of aromatic hydroxyl groups is 1. The van der Waals surface area contributed by atoms with E-state index in [2.05, 4.69) is 20.6 Å². The second-order valence-electron chi connectivity index (χ2n) is 7.10. The summed E-state index contributed by atoms with van der Waals surface area (Å²) in [7, 11) is 1.27. The molecular weight excluding hydrogens is 396 g/mol. The number of methoxy groups -OCH3 is 1. The van der Waals surface area contributed by atoms with Gasteiger partial charge in [-0.25, -0.2) is 14.8 Å². The highest BCUT2D eigenvalue weighted by Gasteiger charge is 2.23. The van der Waals surface area contributed by atoms with Gasteiger partial charge in [-0.15, -0.1) is 0 Å². The average Bonchev–Trinajstić information content (AvgIpc) is 2.73. The number of rotatable bonds is 7. The van der Waals surface area contributed by atoms with E-state index in [0.717, 1.165) is 17.0 Å². The highest BCUT2D eigenvalue weighted by atomic mass is 16.5. The minimum atomic E-state index is -0.874. The Kier molecular flexibility index (Phi) is 6.81. The highest BCUT2D eigenvalue weighted by Crippen LogP contribution is 2.17. The first-order chi connectivity index (χ1) is 14.8. The van der Waals surface area contributed by atoms with Crippen LogP contribution in [-0.4, -0.2) is 40.1 Å². The number of amides is 1. The maximum atomic E-state index is 12.8. The second kappa shape index (κ2) is 9.71. The zero-order chi connectivity index (χ0) is 22.4. The molecule has 0 bridgehead atoms. The number of esters is 1. The molecule has 3 aromatic rings. The maximum absolute atomic E-state index is 12.8. The molecule has 0 radical (unpaired) electrons. The van der Waals surface area contributed by atoms with Crippen LogP contribution in [-0.2, 0) is 16.0 Å². The molecule has 0 spiro atoms. The largest absolute Gasteiger partial charge is 0.508 e. The van der Waals surface area contributed by atoms with E-state index in [0.29, 0.717) is 17.2 Å². The molecule has 1 unspecified atom stereocenters. The van der Waals surface area contributed by atoms with Crippen LogP contribution in [0.25, 0.3) is 0 Å². The Balaban J connectivity index is 1.74. The van der Waals surface area contributed by atoms with Gasteiger partial charge in [0.2, 0.25) is 5.95 Å². The van der Waals surface area contributed by atoms with Crippen LogP contribution in [0.5, 0.6) is 5.75 Å². The molecule has 0 saturated heterocycles. The number of phenols is 1. The first-order valence-electron chi connectivity index (χ1n) is 9.70. The number of nitrogens with one attached hydrogen (secondary N) is 2. The number of nitrogens with zero attached hydrogens (tertiary/aromatic N) is 2. The summed E-state index contributed by atoms with van der Waals surface area (Å²) < 4.78 is 4.84. The summed E-state index contributed by atoms with van der Waals surface area (Å²) in [6.07, 6.45) is 0.229. The van der Waals surface area contributed by atoms with Crippen LogP contribution in [0.4, 0.5) is 11.6 Å². The summed E-state index contributed by atoms with van der Waals surface area (Å²) in [5, 5.41) is 15.2. The Morgan fingerprint density at radius 2 is 1.71 bits per heavy atom. The van der Waals surface area contributed by atoms with Gasteiger partial charge in [0.15, 0.2) is 0 Å². The van der Waals surface area contributed by atoms with Crippen molar-refractivity contribution < 1.29 is 19.4 Å². The summed E-state index contributed by atoms with van der Waals surface area (Å²) in [4.78, 5) is 33.7. The molecule has 3 N–H and O–H groups in total. The van der Waals surface area contributed by atoms with Gasteiger partial charge in [-0.3, -0.25) is 4.79 Å². The molecule has 8 nitrogen and oxygen atoms in total. The number of ether oxygens (including phenoxy) is 1. The van der Waals surface area contributed by atoms with Crippen LogP contribution >= 0.6 is 0 Å². The Morgan fingerprint density at radius 3 is 2.35 bits per heavy atom. The van der Waals surface area contributed by atoms with Gasteiger partial charge in [0.25, 0.3) is 5.91 Å². The van der Waals surface area contributed by atoms with Gasteiger partial charge in [0.1, 0.15) is 11.8 Å². The van der Waals surface area contributed by atoms with E-state index in [1.165, 1.54) is 19.2 Å². The lowest BCUT2D eigenvalue weighted by Crippen LogP contribution is -2.43. The van der Waals surface area contributed by atoms with Crippen LogP contribution in [0.15, 0.2) is 54.6 Å². The smallest absolute Gasteiger partial charge is 0.328 e. The number of carbonyl (C=O) groups is 2. The molecule has 1 aromatic heterocycles. The lowest BCUT2D eigenvalue weighted by Gasteiger charge is -2.17. The van der Waals surface area contributed by atoms with Crippen molar-refractivity contribution >= 4 is 23.5 Å². The molecule has 1 amide bonds. The summed E-state index contributed by atoms with van der Waals surface area (Å²) in [6, 6.07) is 14.3. The molecule has 1 heterocycles. The fourth-order valence-corrected chi connectivity index (χ4v) is 3.09. The van der Waals surface area contributed by atoms with Gasteiger partial charge in [-0.1, -0.05) is 18.2 Å². The Bertz CT molecular complexity index is 1060. The van der Waals surface area contributed by atoms with E-state index in [1.54, 1.807) is 36.4 Å². The van der Waals surface area contributed by atoms with Crippen molar-refractivity contribution in [3.05, 3.63) is 77.1 Å². The van der Waals surface area contributed by atoms with Crippen LogP contribution < -0.4 is 10.6 Å². The molecule has 8 heteroatoms. The van der Waals surface area contributed by atoms with Gasteiger partial charge in [-0.2, -0.15) is 0 Å². The van der Waals surface area contributed by atoms with Crippen LogP contribution in [0, 0.1) is 13.8 Å². The second-order valence-corrected chi connectivity index (χ2v) is 7.10. The normalized spacial score (nSPS) is 11.5. The lowest BCUT2D eigenvalue weighted by molar-refractivity contribution is -0.142. The molecule has 0 saturated carbocycles. The SMILES string of the molecule is COC(=O)C(Cc1ccc(O)cc1)NC(=O)c1cccc(Nc2nc(C)cc(C)n2)c1. The third-order valence-electron chi connectivity index (χ3n) is 4.53. The van der Waals surface area contributed by atoms with E-state index in [-0.39, 0.29) is 12.2 Å². The van der Waals surface area contributed by atoms with Crippen molar-refractivity contribution in [3.8, 4) is 5.75 Å². The lowest BCUT2D eigenvalue weighted by atomic mass is 10.0. The van der Waals surface area contributed by atoms with Crippen molar-refractivity contribution in [1.29, 1.82) is 0 Å². The minimum absolute atomic E-state index is 0.125. The van der Waals surface area contributed by atoms with Gasteiger partial charge < -0.3 is 20.5 Å². The molecule has 1 atom stereocenters. The Hall–Kier alpha value is -3.94. The zero-order valence-electron chi connectivity index (χ0n) is 17.5. The molecule has 31 heavy (non-hydrogen) atoms. The molecular formula is C23H24N4O4. The number of phenolic OH excluding ortho intramolecular Hbond substituents is 1. The average molecular weight is 420 g/mol. The van der Waals surface area contributed by atoms with Crippen LogP contribution in [0.3, 0.4) is 0 Å². The summed E-state index contributed by atoms with van der Waals surface area (Å²) in [6.45, 7) is 3.76. The summed E-state index contributed by atoms with van der Waals surface area (Å²) in [5.74, 6) is -0.409. The van der Waals surface area contributed by atoms with E-state index in [1.807, 2.05) is 19.9 Å². The Morgan fingerprint density at radius 1 is 1.03 bits per heavy atom. The van der Waals surface area contributed by atoms with Crippen molar-refractivity contribution in [1.82, 2.24) is 15.3 Å². The topological polar surface area (TPSA) is 113 Å². The molecule has 0 aliphatic rings. The molecule has 0 aliphatic heterocycles.